The number of nitro groups is 1. The molecule has 9 heteroatoms. The molecule has 30 heavy (non-hydrogen) atoms. The molecule has 0 atom stereocenters. The van der Waals surface area contributed by atoms with Crippen LogP contribution in [0.25, 0.3) is 38.4 Å². The van der Waals surface area contributed by atoms with E-state index in [-0.39, 0.29) is 16.0 Å². The summed E-state index contributed by atoms with van der Waals surface area (Å²) in [6, 6.07) is 19.2. The highest BCUT2D eigenvalue weighted by molar-refractivity contribution is 7.89. The fourth-order valence-corrected chi connectivity index (χ4v) is 4.51. The Labute approximate surface area is 170 Å². The van der Waals surface area contributed by atoms with Crippen LogP contribution in [0, 0.1) is 10.1 Å². The smallest absolute Gasteiger partial charge is 0.270 e. The highest BCUT2D eigenvalue weighted by atomic mass is 32.2. The maximum Gasteiger partial charge on any atom is 0.270 e. The Morgan fingerprint density at radius 3 is 2.07 bits per heavy atom. The summed E-state index contributed by atoms with van der Waals surface area (Å²) >= 11 is 0. The maximum atomic E-state index is 12.3. The molecule has 3 aromatic carbocycles. The van der Waals surface area contributed by atoms with Gasteiger partial charge in [0.2, 0.25) is 10.0 Å². The summed E-state index contributed by atoms with van der Waals surface area (Å²) in [6.45, 7) is 0. The number of para-hydroxylation sites is 2. The lowest BCUT2D eigenvalue weighted by molar-refractivity contribution is -0.384. The van der Waals surface area contributed by atoms with Crippen LogP contribution < -0.4 is 5.14 Å². The number of non-ortho nitro benzene ring substituents is 1. The third-order valence-corrected chi connectivity index (χ3v) is 6.01. The summed E-state index contributed by atoms with van der Waals surface area (Å²) in [5.41, 5.74) is 2.49. The fraction of sp³-hybridized carbons (Fsp3) is 0. The highest BCUT2D eigenvalue weighted by Gasteiger charge is 2.22. The van der Waals surface area contributed by atoms with Crippen LogP contribution in [0.3, 0.4) is 0 Å². The first-order chi connectivity index (χ1) is 14.3. The molecule has 5 aromatic rings. The summed E-state index contributed by atoms with van der Waals surface area (Å²) in [6.07, 6.45) is 1.41. The third kappa shape index (κ3) is 2.71. The van der Waals surface area contributed by atoms with Gasteiger partial charge in [0.1, 0.15) is 4.90 Å². The number of fused-ring (bicyclic) bond motifs is 3. The van der Waals surface area contributed by atoms with E-state index in [1.807, 2.05) is 48.5 Å². The van der Waals surface area contributed by atoms with Crippen molar-refractivity contribution in [2.45, 2.75) is 4.90 Å². The van der Waals surface area contributed by atoms with Gasteiger partial charge in [-0.1, -0.05) is 36.4 Å². The van der Waals surface area contributed by atoms with Crippen LogP contribution in [0.2, 0.25) is 0 Å². The van der Waals surface area contributed by atoms with Crippen LogP contribution >= 0.6 is 0 Å². The first kappa shape index (κ1) is 18.2. The second kappa shape index (κ2) is 6.34. The van der Waals surface area contributed by atoms with Crippen molar-refractivity contribution in [3.8, 4) is 5.69 Å². The van der Waals surface area contributed by atoms with E-state index >= 15 is 0 Å². The van der Waals surface area contributed by atoms with Crippen molar-refractivity contribution < 1.29 is 13.3 Å². The van der Waals surface area contributed by atoms with E-state index in [9.17, 15) is 18.5 Å². The van der Waals surface area contributed by atoms with Gasteiger partial charge in [0, 0.05) is 34.5 Å². The third-order valence-electron chi connectivity index (χ3n) is 5.07. The van der Waals surface area contributed by atoms with Crippen LogP contribution in [0.4, 0.5) is 5.69 Å². The molecule has 0 spiro atoms. The van der Waals surface area contributed by atoms with Crippen LogP contribution in [-0.4, -0.2) is 22.9 Å². The summed E-state index contributed by atoms with van der Waals surface area (Å²) in [5.74, 6) is 0. The molecule has 0 saturated heterocycles. The topological polar surface area (TPSA) is 121 Å². The number of nitrogens with two attached hydrogens (primary N) is 1. The monoisotopic (exact) mass is 418 g/mol. The van der Waals surface area contributed by atoms with Gasteiger partial charge in [-0.15, -0.1) is 0 Å². The van der Waals surface area contributed by atoms with Crippen LogP contribution in [0.15, 0.2) is 77.8 Å². The number of hydrogen-bond acceptors (Lipinski definition) is 5. The second-order valence-electron chi connectivity index (χ2n) is 6.86. The Morgan fingerprint density at radius 1 is 0.900 bits per heavy atom. The molecule has 0 saturated carbocycles. The quantitative estimate of drug-likeness (QED) is 0.271. The van der Waals surface area contributed by atoms with Gasteiger partial charge in [-0.05, 0) is 18.2 Å². The van der Waals surface area contributed by atoms with Crippen molar-refractivity contribution in [1.82, 2.24) is 9.55 Å². The first-order valence-corrected chi connectivity index (χ1v) is 10.5. The lowest BCUT2D eigenvalue weighted by Crippen LogP contribution is -2.11. The number of pyridine rings is 1. The second-order valence-corrected chi connectivity index (χ2v) is 8.39. The van der Waals surface area contributed by atoms with Gasteiger partial charge in [-0.25, -0.2) is 18.5 Å². The minimum atomic E-state index is -4.12. The molecular weight excluding hydrogens is 404 g/mol. The van der Waals surface area contributed by atoms with Gasteiger partial charge >= 0.3 is 0 Å². The van der Waals surface area contributed by atoms with Gasteiger partial charge < -0.3 is 4.57 Å². The Bertz CT molecular complexity index is 1550. The van der Waals surface area contributed by atoms with Gasteiger partial charge in [0.15, 0.2) is 0 Å². The van der Waals surface area contributed by atoms with Gasteiger partial charge in [-0.3, -0.25) is 10.1 Å². The molecule has 0 aliphatic carbocycles. The number of rotatable bonds is 3. The molecule has 0 radical (unpaired) electrons. The van der Waals surface area contributed by atoms with E-state index in [1.165, 1.54) is 24.4 Å². The Morgan fingerprint density at radius 2 is 1.50 bits per heavy atom. The number of sulfonamides is 1. The SMILES string of the molecule is NS(=O)(=O)c1cn(-c2c3ccccc3nc3ccccc23)c2ccc([N+](=O)[O-])cc12. The minimum Gasteiger partial charge on any atom is -0.314 e. The number of nitro benzene ring substituents is 1. The molecule has 2 heterocycles. The number of benzene rings is 3. The minimum absolute atomic E-state index is 0.175. The average Bonchev–Trinajstić information content (AvgIpc) is 3.11. The van der Waals surface area contributed by atoms with Gasteiger partial charge in [0.05, 0.1) is 27.2 Å². The molecule has 2 aromatic heterocycles. The maximum absolute atomic E-state index is 12.3. The lowest BCUT2D eigenvalue weighted by atomic mass is 10.1. The Kier molecular flexibility index (Phi) is 3.85. The number of primary sulfonamides is 1. The predicted octanol–water partition coefficient (Wildman–Crippen LogP) is 3.89. The van der Waals surface area contributed by atoms with E-state index < -0.39 is 14.9 Å². The molecule has 0 amide bonds. The number of hydrogen-bond donors (Lipinski definition) is 1. The molecule has 0 aliphatic heterocycles. The number of aromatic nitrogens is 2. The van der Waals surface area contributed by atoms with Crippen LogP contribution in [0.5, 0.6) is 0 Å². The summed E-state index contributed by atoms with van der Waals surface area (Å²) in [5, 5.41) is 18.5. The molecule has 8 nitrogen and oxygen atoms in total. The van der Waals surface area contributed by atoms with Crippen LogP contribution in [-0.2, 0) is 10.0 Å². The van der Waals surface area contributed by atoms with Crippen molar-refractivity contribution in [3.05, 3.63) is 83.0 Å². The zero-order valence-corrected chi connectivity index (χ0v) is 16.2. The molecular formula is C21H14N4O4S. The molecule has 0 fully saturated rings. The van der Waals surface area contributed by atoms with E-state index in [1.54, 1.807) is 4.57 Å². The number of nitrogens with zero attached hydrogens (tertiary/aromatic N) is 3. The van der Waals surface area contributed by atoms with Crippen molar-refractivity contribution in [2.24, 2.45) is 5.14 Å². The van der Waals surface area contributed by atoms with Crippen molar-refractivity contribution in [1.29, 1.82) is 0 Å². The average molecular weight is 418 g/mol. The molecule has 2 N–H and O–H groups in total. The van der Waals surface area contributed by atoms with Crippen molar-refractivity contribution in [3.63, 3.8) is 0 Å². The first-order valence-electron chi connectivity index (χ1n) is 8.95. The normalized spacial score (nSPS) is 12.0. The zero-order chi connectivity index (χ0) is 21.0. The Balaban J connectivity index is 1.99. The van der Waals surface area contributed by atoms with E-state index in [2.05, 4.69) is 0 Å². The summed E-state index contributed by atoms with van der Waals surface area (Å²) in [4.78, 5) is 15.2. The summed E-state index contributed by atoms with van der Waals surface area (Å²) < 4.78 is 26.3. The summed E-state index contributed by atoms with van der Waals surface area (Å²) in [7, 11) is -4.12. The van der Waals surface area contributed by atoms with E-state index in [0.29, 0.717) is 5.52 Å². The fourth-order valence-electron chi connectivity index (χ4n) is 3.79. The zero-order valence-electron chi connectivity index (χ0n) is 15.4. The van der Waals surface area contributed by atoms with Crippen molar-refractivity contribution in [2.75, 3.05) is 0 Å². The lowest BCUT2D eigenvalue weighted by Gasteiger charge is -2.13. The van der Waals surface area contributed by atoms with E-state index in [4.69, 9.17) is 10.1 Å². The highest BCUT2D eigenvalue weighted by Crippen LogP contribution is 2.36. The van der Waals surface area contributed by atoms with Gasteiger partial charge in [-0.2, -0.15) is 0 Å². The molecule has 5 rings (SSSR count). The van der Waals surface area contributed by atoms with Crippen LogP contribution in [0.1, 0.15) is 0 Å². The largest absolute Gasteiger partial charge is 0.314 e. The molecule has 0 aliphatic rings. The standard InChI is InChI=1S/C21H14N4O4S/c22-30(28,29)20-12-24(19-10-9-13(25(26)27)11-16(19)20)21-14-5-1-3-7-17(14)23-18-8-4-2-6-15(18)21/h1-12H,(H2,22,28,29). The van der Waals surface area contributed by atoms with E-state index in [0.717, 1.165) is 27.5 Å². The van der Waals surface area contributed by atoms with Crippen molar-refractivity contribution >= 4 is 48.4 Å². The Hall–Kier alpha value is -3.82. The molecule has 148 valence electrons. The predicted molar refractivity (Wildman–Crippen MR) is 114 cm³/mol. The van der Waals surface area contributed by atoms with Gasteiger partial charge in [0.25, 0.3) is 5.69 Å². The molecule has 0 bridgehead atoms. The molecule has 0 unspecified atom stereocenters.